The second-order valence-electron chi connectivity index (χ2n) is 11.0. The van der Waals surface area contributed by atoms with Crippen LogP contribution in [0.1, 0.15) is 94.2 Å². The molecule has 0 saturated carbocycles. The second-order valence-corrected chi connectivity index (χ2v) is 20.1. The van der Waals surface area contributed by atoms with Crippen LogP contribution in [0.5, 0.6) is 0 Å². The average Bonchev–Trinajstić information content (AvgIpc) is 2.73. The summed E-state index contributed by atoms with van der Waals surface area (Å²) < 4.78 is 0. The topological polar surface area (TPSA) is 0 Å². The summed E-state index contributed by atoms with van der Waals surface area (Å²) in [5.41, 5.74) is 2.27. The Morgan fingerprint density at radius 2 is 0.706 bits per heavy atom. The zero-order chi connectivity index (χ0) is 25.8. The first-order valence-corrected chi connectivity index (χ1v) is 16.6. The van der Waals surface area contributed by atoms with Gasteiger partial charge in [0.25, 0.3) is 0 Å². The largest absolute Gasteiger partial charge is 0.170 e. The summed E-state index contributed by atoms with van der Waals surface area (Å²) >= 11 is 0. The summed E-state index contributed by atoms with van der Waals surface area (Å²) in [4.78, 5) is 0. The molecule has 0 saturated heterocycles. The van der Waals surface area contributed by atoms with Crippen molar-refractivity contribution in [2.24, 2.45) is 0 Å². The van der Waals surface area contributed by atoms with Crippen molar-refractivity contribution in [1.82, 2.24) is 0 Å². The number of hydrogen-bond donors (Lipinski definition) is 0. The van der Waals surface area contributed by atoms with Gasteiger partial charge in [-0.25, -0.2) is 0 Å². The molecule has 0 atom stereocenters. The molecule has 2 rings (SSSR count). The summed E-state index contributed by atoms with van der Waals surface area (Å²) in [5.74, 6) is 7.34. The molecule has 0 unspecified atom stereocenters. The van der Waals surface area contributed by atoms with Crippen molar-refractivity contribution >= 4 is 30.8 Å². The molecule has 0 nitrogen and oxygen atoms in total. The maximum atomic E-state index is 3.86. The lowest BCUT2D eigenvalue weighted by molar-refractivity contribution is 0.959. The fraction of sp³-hybridized carbons (Fsp3) is 0.562. The van der Waals surface area contributed by atoms with Gasteiger partial charge in [-0.3, -0.25) is 0 Å². The van der Waals surface area contributed by atoms with Crippen LogP contribution in [0.4, 0.5) is 0 Å². The van der Waals surface area contributed by atoms with Gasteiger partial charge in [0.1, 0.15) is 0 Å². The van der Waals surface area contributed by atoms with E-state index in [0.717, 1.165) is 11.1 Å². The Morgan fingerprint density at radius 3 is 0.941 bits per heavy atom. The molecule has 2 aromatic rings. The van der Waals surface area contributed by atoms with Crippen LogP contribution >= 0.6 is 20.1 Å². The van der Waals surface area contributed by atoms with Gasteiger partial charge in [0.15, 0.2) is 0 Å². The molecule has 0 N–H and O–H groups in total. The zero-order valence-electron chi connectivity index (χ0n) is 23.7. The average molecular weight is 497 g/mol. The third kappa shape index (κ3) is 5.35. The normalized spacial score (nSPS) is 13.6. The summed E-state index contributed by atoms with van der Waals surface area (Å²) in [6.45, 7) is 28.3. The molecule has 0 aliphatic heterocycles. The van der Waals surface area contributed by atoms with E-state index in [1.807, 2.05) is 0 Å². The molecule has 0 radical (unpaired) electrons. The Kier molecular flexibility index (Phi) is 9.73. The lowest BCUT2D eigenvalue weighted by atomic mass is 10.0. The molecule has 0 fully saturated rings. The second kappa shape index (κ2) is 11.5. The molecule has 34 heavy (non-hydrogen) atoms. The van der Waals surface area contributed by atoms with Gasteiger partial charge in [-0.05, 0) is 64.9 Å². The lowest BCUT2D eigenvalue weighted by Gasteiger charge is -2.46. The van der Waals surface area contributed by atoms with E-state index in [1.165, 1.54) is 10.8 Å². The zero-order valence-corrected chi connectivity index (χ0v) is 25.4. The molecule has 2 heteroatoms. The quantitative estimate of drug-likeness (QED) is 0.349. The van der Waals surface area contributed by atoms with Crippen molar-refractivity contribution in [2.75, 3.05) is 0 Å². The van der Waals surface area contributed by atoms with E-state index in [4.69, 9.17) is 0 Å². The van der Waals surface area contributed by atoms with Crippen LogP contribution in [0, 0.1) is 22.3 Å². The van der Waals surface area contributed by atoms with Gasteiger partial charge >= 0.3 is 0 Å². The van der Waals surface area contributed by atoms with Crippen LogP contribution in [0.3, 0.4) is 0 Å². The van der Waals surface area contributed by atoms with Crippen molar-refractivity contribution in [3.05, 3.63) is 47.5 Å². The fourth-order valence-corrected chi connectivity index (χ4v) is 14.3. The minimum Gasteiger partial charge on any atom is -0.170 e. The Labute approximate surface area is 214 Å². The number of hydrogen-bond acceptors (Lipinski definition) is 0. The molecule has 0 aliphatic carbocycles. The molecular formula is C32H48S2. The summed E-state index contributed by atoms with van der Waals surface area (Å²) in [6, 6.07) is 13.1. The van der Waals surface area contributed by atoms with Crippen LogP contribution in [-0.2, 0) is 0 Å². The molecule has 0 spiro atoms. The van der Waals surface area contributed by atoms with E-state index in [9.17, 15) is 0 Å². The third-order valence-corrected chi connectivity index (χ3v) is 17.6. The van der Waals surface area contributed by atoms with E-state index in [0.29, 0.717) is 31.5 Å². The maximum Gasteiger partial charge on any atom is 0.0332 e. The predicted molar refractivity (Wildman–Crippen MR) is 164 cm³/mol. The van der Waals surface area contributed by atoms with Crippen molar-refractivity contribution in [3.8, 4) is 22.3 Å². The van der Waals surface area contributed by atoms with Gasteiger partial charge in [0.2, 0.25) is 0 Å². The molecule has 2 aromatic carbocycles. The van der Waals surface area contributed by atoms with Gasteiger partial charge in [0.05, 0.1) is 0 Å². The molecular weight excluding hydrogens is 448 g/mol. The van der Waals surface area contributed by atoms with E-state index in [-0.39, 0.29) is 0 Å². The standard InChI is InChI=1S/C32H48S2/c1-23(2)33(24(3)4,25(5)6)21-19-29-15-13-18-32-30(16-14-17-31(29)32)20-22-34(26(7)8,27(9)10)28(11)12/h13-18,23-28H,1-12H3. The minimum atomic E-state index is -1.07. The molecule has 188 valence electrons. The highest BCUT2D eigenvalue weighted by Crippen LogP contribution is 2.60. The molecule has 0 aromatic heterocycles. The van der Waals surface area contributed by atoms with Crippen molar-refractivity contribution < 1.29 is 0 Å². The minimum absolute atomic E-state index is 0.579. The van der Waals surface area contributed by atoms with Crippen molar-refractivity contribution in [3.63, 3.8) is 0 Å². The first-order valence-electron chi connectivity index (χ1n) is 13.0. The molecule has 0 bridgehead atoms. The number of rotatable bonds is 6. The Balaban J connectivity index is 2.71. The predicted octanol–water partition coefficient (Wildman–Crippen LogP) is 9.52. The molecule has 0 aliphatic rings. The van der Waals surface area contributed by atoms with Crippen LogP contribution in [0.2, 0.25) is 0 Å². The third-order valence-electron chi connectivity index (χ3n) is 7.33. The summed E-state index contributed by atoms with van der Waals surface area (Å²) in [6.07, 6.45) is 0. The highest BCUT2D eigenvalue weighted by atomic mass is 32.3. The Bertz CT molecular complexity index is 962. The molecule has 0 amide bonds. The molecule has 0 heterocycles. The Hall–Kier alpha value is -1.48. The van der Waals surface area contributed by atoms with Crippen LogP contribution < -0.4 is 0 Å². The van der Waals surface area contributed by atoms with Gasteiger partial charge in [-0.2, -0.15) is 20.1 Å². The Morgan fingerprint density at radius 1 is 0.441 bits per heavy atom. The van der Waals surface area contributed by atoms with E-state index < -0.39 is 20.1 Å². The summed E-state index contributed by atoms with van der Waals surface area (Å²) in [5, 5.41) is 13.7. The van der Waals surface area contributed by atoms with Crippen molar-refractivity contribution in [1.29, 1.82) is 0 Å². The van der Waals surface area contributed by atoms with Crippen LogP contribution in [0.25, 0.3) is 10.8 Å². The van der Waals surface area contributed by atoms with E-state index in [2.05, 4.69) is 142 Å². The van der Waals surface area contributed by atoms with Gasteiger partial charge in [-0.1, -0.05) is 119 Å². The van der Waals surface area contributed by atoms with Crippen molar-refractivity contribution in [2.45, 2.75) is 115 Å². The van der Waals surface area contributed by atoms with E-state index >= 15 is 0 Å². The highest BCUT2D eigenvalue weighted by Gasteiger charge is 2.34. The smallest absolute Gasteiger partial charge is 0.0332 e. The summed E-state index contributed by atoms with van der Waals surface area (Å²) in [7, 11) is -2.13. The first kappa shape index (κ1) is 28.8. The van der Waals surface area contributed by atoms with Gasteiger partial charge in [0, 0.05) is 11.1 Å². The van der Waals surface area contributed by atoms with Gasteiger partial charge < -0.3 is 0 Å². The maximum absolute atomic E-state index is 3.86. The lowest BCUT2D eigenvalue weighted by Crippen LogP contribution is -2.27. The first-order chi connectivity index (χ1) is 15.8. The van der Waals surface area contributed by atoms with Gasteiger partial charge in [-0.15, -0.1) is 0 Å². The number of benzene rings is 2. The number of fused-ring (bicyclic) bond motifs is 1. The monoisotopic (exact) mass is 496 g/mol. The van der Waals surface area contributed by atoms with E-state index in [1.54, 1.807) is 0 Å². The highest BCUT2D eigenvalue weighted by molar-refractivity contribution is 8.39. The van der Waals surface area contributed by atoms with Crippen LogP contribution in [-0.4, -0.2) is 31.5 Å². The SMILES string of the molecule is CC(C)S(C#Cc1cccc2c(C#CS(C(C)C)(C(C)C)C(C)C)cccc12)(C(C)C)C(C)C. The van der Waals surface area contributed by atoms with Crippen LogP contribution in [0.15, 0.2) is 36.4 Å². The fourth-order valence-electron chi connectivity index (χ4n) is 5.79.